The van der Waals surface area contributed by atoms with Crippen LogP contribution in [0.15, 0.2) is 0 Å². The highest BCUT2D eigenvalue weighted by atomic mass is 31.2. The number of carbonyl (C=O) groups is 4. The second kappa shape index (κ2) is 64.7. The summed E-state index contributed by atoms with van der Waals surface area (Å²) >= 11 is 0. The van der Waals surface area contributed by atoms with E-state index in [-0.39, 0.29) is 25.7 Å². The Hall–Kier alpha value is -1.94. The number of ether oxygens (including phenoxy) is 4. The van der Waals surface area contributed by atoms with E-state index in [2.05, 4.69) is 48.5 Å². The third-order valence-electron chi connectivity index (χ3n) is 17.1. The van der Waals surface area contributed by atoms with E-state index in [1.54, 1.807) is 0 Å². The van der Waals surface area contributed by atoms with Crippen LogP contribution in [0.5, 0.6) is 0 Å². The molecule has 0 aromatic carbocycles. The largest absolute Gasteiger partial charge is 0.472 e. The van der Waals surface area contributed by atoms with Gasteiger partial charge in [0, 0.05) is 25.7 Å². The van der Waals surface area contributed by atoms with Gasteiger partial charge in [-0.25, -0.2) is 9.13 Å². The summed E-state index contributed by atoms with van der Waals surface area (Å²) in [5.74, 6) is 0.132. The van der Waals surface area contributed by atoms with E-state index in [4.69, 9.17) is 37.0 Å². The van der Waals surface area contributed by atoms with Crippen molar-refractivity contribution in [1.29, 1.82) is 0 Å². The summed E-state index contributed by atoms with van der Waals surface area (Å²) in [6.45, 7) is 11.8. The van der Waals surface area contributed by atoms with Gasteiger partial charge in [0.25, 0.3) is 0 Å². The van der Waals surface area contributed by atoms with Crippen molar-refractivity contribution in [1.82, 2.24) is 0 Å². The fraction of sp³-hybridized carbons (Fsp3) is 0.946. The maximum atomic E-state index is 13.1. The lowest BCUT2D eigenvalue weighted by Crippen LogP contribution is -2.30. The van der Waals surface area contributed by atoms with Gasteiger partial charge in [-0.1, -0.05) is 325 Å². The Bertz CT molecular complexity index is 1820. The van der Waals surface area contributed by atoms with Gasteiger partial charge in [-0.3, -0.25) is 37.3 Å². The van der Waals surface area contributed by atoms with Gasteiger partial charge in [0.1, 0.15) is 19.3 Å². The van der Waals surface area contributed by atoms with Crippen LogP contribution in [0.25, 0.3) is 0 Å². The molecule has 0 heterocycles. The fourth-order valence-corrected chi connectivity index (χ4v) is 12.8. The average molecular weight is 1370 g/mol. The lowest BCUT2D eigenvalue weighted by molar-refractivity contribution is -0.161. The monoisotopic (exact) mass is 1370 g/mol. The summed E-state index contributed by atoms with van der Waals surface area (Å²) < 4.78 is 68.4. The molecule has 0 saturated carbocycles. The molecule has 0 aromatic rings. The van der Waals surface area contributed by atoms with Crippen molar-refractivity contribution in [3.8, 4) is 0 Å². The molecule has 0 radical (unpaired) electrons. The van der Waals surface area contributed by atoms with E-state index in [0.29, 0.717) is 31.6 Å². The first-order chi connectivity index (χ1) is 44.7. The van der Waals surface area contributed by atoms with Gasteiger partial charge in [0.05, 0.1) is 26.4 Å². The molecule has 0 rings (SSSR count). The van der Waals surface area contributed by atoms with Crippen LogP contribution < -0.4 is 0 Å². The zero-order valence-electron chi connectivity index (χ0n) is 60.7. The predicted octanol–water partition coefficient (Wildman–Crippen LogP) is 21.4. The quantitative estimate of drug-likeness (QED) is 0.0222. The topological polar surface area (TPSA) is 237 Å². The van der Waals surface area contributed by atoms with Crippen LogP contribution in [0.2, 0.25) is 0 Å². The second-order valence-electron chi connectivity index (χ2n) is 28.1. The zero-order valence-corrected chi connectivity index (χ0v) is 62.5. The van der Waals surface area contributed by atoms with Crippen molar-refractivity contribution in [2.24, 2.45) is 17.8 Å². The van der Waals surface area contributed by atoms with Crippen molar-refractivity contribution in [3.63, 3.8) is 0 Å². The number of unbranched alkanes of at least 4 members (excludes halogenated alkanes) is 40. The molecule has 0 aromatic heterocycles. The Morgan fingerprint density at radius 1 is 0.290 bits per heavy atom. The predicted molar refractivity (Wildman–Crippen MR) is 377 cm³/mol. The normalized spacial score (nSPS) is 14.1. The van der Waals surface area contributed by atoms with Gasteiger partial charge in [0.15, 0.2) is 12.2 Å². The Morgan fingerprint density at radius 3 is 0.731 bits per heavy atom. The third kappa shape index (κ3) is 68.4. The van der Waals surface area contributed by atoms with Crippen LogP contribution in [0.3, 0.4) is 0 Å². The van der Waals surface area contributed by atoms with Crippen LogP contribution in [-0.4, -0.2) is 96.7 Å². The van der Waals surface area contributed by atoms with Crippen LogP contribution in [0.1, 0.15) is 376 Å². The molecule has 2 unspecified atom stereocenters. The molecule has 0 aliphatic rings. The minimum absolute atomic E-state index is 0.106. The summed E-state index contributed by atoms with van der Waals surface area (Å²) in [5.41, 5.74) is 0. The molecule has 0 amide bonds. The Morgan fingerprint density at radius 2 is 0.495 bits per heavy atom. The number of phosphoric acid groups is 2. The SMILES string of the molecule is CCCCCCCCCCCCCCC(=O)O[C@H](COC(=O)CCCCCCCCC(C)C)COP(=O)(O)OC[C@H](O)COP(=O)(O)OC[C@@H](COC(=O)CCCCCCCCCCCCCC(C)C)OC(=O)CCCCCCCCCCCCCCCCCC(C)C. The molecular formula is C74H144O17P2. The Balaban J connectivity index is 5.23. The maximum absolute atomic E-state index is 13.1. The zero-order chi connectivity index (χ0) is 68.7. The smallest absolute Gasteiger partial charge is 0.462 e. The highest BCUT2D eigenvalue weighted by Crippen LogP contribution is 2.45. The van der Waals surface area contributed by atoms with Gasteiger partial charge in [-0.15, -0.1) is 0 Å². The van der Waals surface area contributed by atoms with Crippen molar-refractivity contribution in [3.05, 3.63) is 0 Å². The number of rotatable bonds is 72. The summed E-state index contributed by atoms with van der Waals surface area (Å²) in [5, 5.41) is 10.6. The first kappa shape index (κ1) is 91.1. The van der Waals surface area contributed by atoms with Gasteiger partial charge in [-0.05, 0) is 43.4 Å². The molecule has 552 valence electrons. The van der Waals surface area contributed by atoms with E-state index < -0.39 is 97.5 Å². The van der Waals surface area contributed by atoms with Gasteiger partial charge >= 0.3 is 39.5 Å². The number of phosphoric ester groups is 2. The van der Waals surface area contributed by atoms with Gasteiger partial charge < -0.3 is 33.8 Å². The van der Waals surface area contributed by atoms with Crippen molar-refractivity contribution >= 4 is 39.5 Å². The van der Waals surface area contributed by atoms with Gasteiger partial charge in [0.2, 0.25) is 0 Å². The summed E-state index contributed by atoms with van der Waals surface area (Å²) in [4.78, 5) is 72.7. The Kier molecular flexibility index (Phi) is 63.4. The molecule has 3 N–H and O–H groups in total. The Labute approximate surface area is 568 Å². The van der Waals surface area contributed by atoms with Gasteiger partial charge in [-0.2, -0.15) is 0 Å². The number of hydrogen-bond donors (Lipinski definition) is 3. The van der Waals surface area contributed by atoms with E-state index >= 15 is 0 Å². The summed E-state index contributed by atoms with van der Waals surface area (Å²) in [7, 11) is -9.91. The number of aliphatic hydroxyl groups is 1. The lowest BCUT2D eigenvalue weighted by atomic mass is 10.0. The highest BCUT2D eigenvalue weighted by molar-refractivity contribution is 7.47. The molecular weight excluding hydrogens is 1220 g/mol. The van der Waals surface area contributed by atoms with E-state index in [1.807, 2.05) is 0 Å². The van der Waals surface area contributed by atoms with Crippen LogP contribution in [-0.2, 0) is 65.4 Å². The molecule has 0 saturated heterocycles. The molecule has 93 heavy (non-hydrogen) atoms. The van der Waals surface area contributed by atoms with Crippen molar-refractivity contribution in [2.45, 2.75) is 394 Å². The third-order valence-corrected chi connectivity index (χ3v) is 19.0. The van der Waals surface area contributed by atoms with E-state index in [9.17, 15) is 43.2 Å². The molecule has 0 bridgehead atoms. The molecule has 19 heteroatoms. The summed E-state index contributed by atoms with van der Waals surface area (Å²) in [6, 6.07) is 0. The fourth-order valence-electron chi connectivity index (χ4n) is 11.2. The van der Waals surface area contributed by atoms with Crippen LogP contribution in [0.4, 0.5) is 0 Å². The molecule has 5 atom stereocenters. The van der Waals surface area contributed by atoms with Crippen LogP contribution >= 0.6 is 15.6 Å². The van der Waals surface area contributed by atoms with Crippen molar-refractivity contribution < 1.29 is 80.2 Å². The lowest BCUT2D eigenvalue weighted by Gasteiger charge is -2.21. The molecule has 0 spiro atoms. The minimum Gasteiger partial charge on any atom is -0.462 e. The molecule has 0 aliphatic heterocycles. The number of hydrogen-bond acceptors (Lipinski definition) is 15. The summed E-state index contributed by atoms with van der Waals surface area (Å²) in [6.07, 6.45) is 50.0. The van der Waals surface area contributed by atoms with Crippen LogP contribution in [0, 0.1) is 17.8 Å². The molecule has 17 nitrogen and oxygen atoms in total. The average Bonchev–Trinajstić information content (AvgIpc) is 2.35. The first-order valence-electron chi connectivity index (χ1n) is 38.3. The number of aliphatic hydroxyl groups excluding tert-OH is 1. The second-order valence-corrected chi connectivity index (χ2v) is 31.0. The molecule has 0 aliphatic carbocycles. The standard InChI is InChI=1S/C74H144O17P2/c1-8-9-10-11-12-13-14-23-29-34-43-50-57-73(78)91-70(62-85-72(77)56-49-42-37-36-40-47-54-67(6)7)64-89-93(82,83)87-60-68(75)59-86-92(80,81)88-63-69(61-84-71(76)55-48-41-33-28-25-20-22-27-32-39-46-53-66(4)5)90-74(79)58-51-44-35-30-24-19-17-15-16-18-21-26-31-38-45-52-65(2)3/h65-70,75H,8-64H2,1-7H3,(H,80,81)(H,82,83)/t68-,69-,70-/m1/s1. The number of carbonyl (C=O) groups excluding carboxylic acids is 4. The number of esters is 4. The van der Waals surface area contributed by atoms with E-state index in [0.717, 1.165) is 108 Å². The minimum atomic E-state index is -4.96. The first-order valence-corrected chi connectivity index (χ1v) is 41.3. The van der Waals surface area contributed by atoms with Crippen molar-refractivity contribution in [2.75, 3.05) is 39.6 Å². The maximum Gasteiger partial charge on any atom is 0.472 e. The molecule has 0 fully saturated rings. The highest BCUT2D eigenvalue weighted by Gasteiger charge is 2.30. The van der Waals surface area contributed by atoms with E-state index in [1.165, 1.54) is 180 Å².